The summed E-state index contributed by atoms with van der Waals surface area (Å²) in [7, 11) is 0. The van der Waals surface area contributed by atoms with Crippen LogP contribution < -0.4 is 15.5 Å². The summed E-state index contributed by atoms with van der Waals surface area (Å²) in [5, 5.41) is 7.67. The highest BCUT2D eigenvalue weighted by Gasteiger charge is 2.16. The van der Waals surface area contributed by atoms with Crippen LogP contribution in [-0.2, 0) is 0 Å². The second-order valence-electron chi connectivity index (χ2n) is 6.58. The van der Waals surface area contributed by atoms with Gasteiger partial charge >= 0.3 is 0 Å². The third-order valence-electron chi connectivity index (χ3n) is 4.83. The monoisotopic (exact) mass is 413 g/mol. The van der Waals surface area contributed by atoms with Crippen LogP contribution in [0.5, 0.6) is 0 Å². The minimum absolute atomic E-state index is 0.527. The van der Waals surface area contributed by atoms with Gasteiger partial charge in [-0.1, -0.05) is 29.3 Å². The Bertz CT molecular complexity index is 1150. The third kappa shape index (κ3) is 3.01. The molecule has 1 aliphatic heterocycles. The lowest BCUT2D eigenvalue weighted by Crippen LogP contribution is -2.43. The number of halogens is 2. The number of fused-ring (bicyclic) bond motifs is 3. The molecule has 1 saturated heterocycles. The molecule has 5 rings (SSSR count). The summed E-state index contributed by atoms with van der Waals surface area (Å²) in [6.07, 6.45) is 3.49. The first-order valence-electron chi connectivity index (χ1n) is 9.00. The molecule has 0 bridgehead atoms. The first kappa shape index (κ1) is 17.5. The molecule has 0 radical (unpaired) electrons. The Kier molecular flexibility index (Phi) is 4.43. The Morgan fingerprint density at radius 1 is 1.00 bits per heavy atom. The molecule has 1 fully saturated rings. The minimum Gasteiger partial charge on any atom is -0.354 e. The van der Waals surface area contributed by atoms with E-state index in [4.69, 9.17) is 33.2 Å². The number of para-hydroxylation sites is 1. The number of piperazine rings is 1. The van der Waals surface area contributed by atoms with E-state index in [1.807, 2.05) is 16.5 Å². The van der Waals surface area contributed by atoms with Gasteiger partial charge in [0.15, 0.2) is 11.5 Å². The summed E-state index contributed by atoms with van der Waals surface area (Å²) in [5.74, 6) is 1.57. The SMILES string of the molecule is Clc1cccc(Cl)c1Nc1nc2ccc(N3CCNCC3)nc2n2cncc12. The number of hydrogen-bond acceptors (Lipinski definition) is 6. The molecule has 0 saturated carbocycles. The highest BCUT2D eigenvalue weighted by Crippen LogP contribution is 2.34. The van der Waals surface area contributed by atoms with Gasteiger partial charge in [0.05, 0.1) is 21.9 Å². The topological polar surface area (TPSA) is 70.4 Å². The van der Waals surface area contributed by atoms with Crippen molar-refractivity contribution >= 4 is 57.2 Å². The van der Waals surface area contributed by atoms with Crippen LogP contribution in [0.25, 0.3) is 16.7 Å². The molecule has 0 amide bonds. The lowest BCUT2D eigenvalue weighted by Gasteiger charge is -2.28. The summed E-state index contributed by atoms with van der Waals surface area (Å²) >= 11 is 12.6. The van der Waals surface area contributed by atoms with E-state index in [-0.39, 0.29) is 0 Å². The van der Waals surface area contributed by atoms with Crippen LogP contribution in [0.1, 0.15) is 0 Å². The average Bonchev–Trinajstić information content (AvgIpc) is 3.22. The molecule has 9 heteroatoms. The lowest BCUT2D eigenvalue weighted by atomic mass is 10.3. The van der Waals surface area contributed by atoms with Crippen LogP contribution in [0.15, 0.2) is 42.9 Å². The largest absolute Gasteiger partial charge is 0.354 e. The highest BCUT2D eigenvalue weighted by molar-refractivity contribution is 6.39. The number of rotatable bonds is 3. The van der Waals surface area contributed by atoms with Crippen LogP contribution in [0.4, 0.5) is 17.3 Å². The quantitative estimate of drug-likeness (QED) is 0.533. The molecule has 4 aromatic rings. The summed E-state index contributed by atoms with van der Waals surface area (Å²) in [5.41, 5.74) is 2.94. The standard InChI is InChI=1S/C19H17Cl2N7/c20-12-2-1-3-13(21)17(12)26-18-15-10-23-11-28(15)19-14(24-18)4-5-16(25-19)27-8-6-22-7-9-27/h1-5,10-11,22H,6-9H2,(H,24,26). The van der Waals surface area contributed by atoms with E-state index in [0.717, 1.165) is 48.7 Å². The van der Waals surface area contributed by atoms with Gasteiger partial charge in [0.1, 0.15) is 23.2 Å². The molecule has 0 spiro atoms. The summed E-state index contributed by atoms with van der Waals surface area (Å²) in [4.78, 5) is 16.2. The summed E-state index contributed by atoms with van der Waals surface area (Å²) in [6.45, 7) is 3.78. The normalized spacial score (nSPS) is 14.7. The summed E-state index contributed by atoms with van der Waals surface area (Å²) in [6, 6.07) is 9.37. The number of hydrogen-bond donors (Lipinski definition) is 2. The van der Waals surface area contributed by atoms with Gasteiger partial charge in [-0.3, -0.25) is 4.40 Å². The van der Waals surface area contributed by atoms with Gasteiger partial charge in [-0.2, -0.15) is 0 Å². The number of benzene rings is 1. The van der Waals surface area contributed by atoms with E-state index in [0.29, 0.717) is 21.6 Å². The maximum absolute atomic E-state index is 6.31. The van der Waals surface area contributed by atoms with Gasteiger partial charge in [-0.15, -0.1) is 0 Å². The van der Waals surface area contributed by atoms with Crippen LogP contribution in [0, 0.1) is 0 Å². The van der Waals surface area contributed by atoms with Crippen LogP contribution in [0.3, 0.4) is 0 Å². The van der Waals surface area contributed by atoms with Crippen molar-refractivity contribution in [1.29, 1.82) is 0 Å². The predicted molar refractivity (Wildman–Crippen MR) is 113 cm³/mol. The Labute approximate surface area is 171 Å². The third-order valence-corrected chi connectivity index (χ3v) is 5.46. The molecule has 1 aromatic carbocycles. The van der Waals surface area contributed by atoms with E-state index >= 15 is 0 Å². The van der Waals surface area contributed by atoms with Gasteiger partial charge in [0.25, 0.3) is 0 Å². The van der Waals surface area contributed by atoms with Crippen molar-refractivity contribution in [3.8, 4) is 0 Å². The maximum atomic E-state index is 6.31. The fraction of sp³-hybridized carbons (Fsp3) is 0.211. The molecule has 1 aliphatic rings. The average molecular weight is 414 g/mol. The molecule has 4 heterocycles. The lowest BCUT2D eigenvalue weighted by molar-refractivity contribution is 0.585. The number of pyridine rings is 1. The molecular formula is C19H17Cl2N7. The summed E-state index contributed by atoms with van der Waals surface area (Å²) < 4.78 is 1.93. The van der Waals surface area contributed by atoms with Crippen molar-refractivity contribution in [2.45, 2.75) is 0 Å². The van der Waals surface area contributed by atoms with E-state index in [2.05, 4.69) is 20.5 Å². The van der Waals surface area contributed by atoms with Crippen molar-refractivity contribution in [3.05, 3.63) is 52.9 Å². The van der Waals surface area contributed by atoms with Gasteiger partial charge < -0.3 is 15.5 Å². The van der Waals surface area contributed by atoms with Gasteiger partial charge in [-0.05, 0) is 24.3 Å². The molecule has 0 unspecified atom stereocenters. The Hall–Kier alpha value is -2.61. The number of nitrogens with one attached hydrogen (secondary N) is 2. The van der Waals surface area contributed by atoms with E-state index < -0.39 is 0 Å². The van der Waals surface area contributed by atoms with Crippen LogP contribution in [-0.4, -0.2) is 45.5 Å². The number of anilines is 3. The fourth-order valence-electron chi connectivity index (χ4n) is 3.41. The number of imidazole rings is 1. The zero-order valence-corrected chi connectivity index (χ0v) is 16.4. The van der Waals surface area contributed by atoms with Gasteiger partial charge in [0.2, 0.25) is 0 Å². The Morgan fingerprint density at radius 3 is 2.57 bits per heavy atom. The number of nitrogens with zero attached hydrogens (tertiary/aromatic N) is 5. The van der Waals surface area contributed by atoms with E-state index in [9.17, 15) is 0 Å². The Morgan fingerprint density at radius 2 is 1.79 bits per heavy atom. The van der Waals surface area contributed by atoms with Crippen LogP contribution in [0.2, 0.25) is 10.0 Å². The predicted octanol–water partition coefficient (Wildman–Crippen LogP) is 3.74. The highest BCUT2D eigenvalue weighted by atomic mass is 35.5. The van der Waals surface area contributed by atoms with Crippen molar-refractivity contribution in [3.63, 3.8) is 0 Å². The van der Waals surface area contributed by atoms with Crippen LogP contribution >= 0.6 is 23.2 Å². The van der Waals surface area contributed by atoms with Crippen molar-refractivity contribution in [2.24, 2.45) is 0 Å². The zero-order valence-electron chi connectivity index (χ0n) is 14.9. The van der Waals surface area contributed by atoms with Crippen molar-refractivity contribution in [2.75, 3.05) is 36.4 Å². The zero-order chi connectivity index (χ0) is 19.1. The first-order valence-corrected chi connectivity index (χ1v) is 9.76. The second kappa shape index (κ2) is 7.09. The molecule has 7 nitrogen and oxygen atoms in total. The van der Waals surface area contributed by atoms with Gasteiger partial charge in [0, 0.05) is 26.2 Å². The molecule has 142 valence electrons. The number of aromatic nitrogens is 4. The van der Waals surface area contributed by atoms with Crippen molar-refractivity contribution < 1.29 is 0 Å². The molecule has 3 aromatic heterocycles. The molecule has 0 atom stereocenters. The smallest absolute Gasteiger partial charge is 0.166 e. The van der Waals surface area contributed by atoms with Gasteiger partial charge in [-0.25, -0.2) is 15.0 Å². The second-order valence-corrected chi connectivity index (χ2v) is 7.39. The fourth-order valence-corrected chi connectivity index (χ4v) is 3.90. The molecule has 28 heavy (non-hydrogen) atoms. The van der Waals surface area contributed by atoms with Crippen molar-refractivity contribution in [1.82, 2.24) is 24.7 Å². The van der Waals surface area contributed by atoms with E-state index in [1.165, 1.54) is 0 Å². The Balaban J connectivity index is 1.62. The van der Waals surface area contributed by atoms with E-state index in [1.54, 1.807) is 30.7 Å². The maximum Gasteiger partial charge on any atom is 0.166 e. The molecule has 2 N–H and O–H groups in total. The minimum atomic E-state index is 0.527. The molecule has 0 aliphatic carbocycles. The first-order chi connectivity index (χ1) is 13.7. The molecular weight excluding hydrogens is 397 g/mol.